The van der Waals surface area contributed by atoms with Crippen LogP contribution in [-0.4, -0.2) is 30.4 Å². The fraction of sp³-hybridized carbons (Fsp3) is 0.381. The average molecular weight is 340 g/mol. The summed E-state index contributed by atoms with van der Waals surface area (Å²) in [5, 5.41) is 2.95. The van der Waals surface area contributed by atoms with Crippen molar-refractivity contribution < 1.29 is 9.18 Å². The van der Waals surface area contributed by atoms with Crippen LogP contribution in [0.1, 0.15) is 40.7 Å². The molecule has 132 valence electrons. The highest BCUT2D eigenvalue weighted by atomic mass is 19.1. The number of likely N-dealkylation sites (tertiary alicyclic amines) is 1. The molecule has 2 aromatic rings. The number of hydrogen-bond donors (Lipinski definition) is 1. The first-order valence-electron chi connectivity index (χ1n) is 9.05. The van der Waals surface area contributed by atoms with Crippen molar-refractivity contribution >= 4 is 5.91 Å². The van der Waals surface area contributed by atoms with Crippen LogP contribution in [-0.2, 0) is 13.0 Å². The summed E-state index contributed by atoms with van der Waals surface area (Å²) in [7, 11) is 0. The molecule has 0 spiro atoms. The summed E-state index contributed by atoms with van der Waals surface area (Å²) in [5.74, 6) is -0.253. The van der Waals surface area contributed by atoms with Gasteiger partial charge in [-0.25, -0.2) is 4.39 Å². The molecule has 25 heavy (non-hydrogen) atoms. The molecule has 3 nitrogen and oxygen atoms in total. The maximum Gasteiger partial charge on any atom is 0.251 e. The number of nitrogens with one attached hydrogen (secondary N) is 1. The highest BCUT2D eigenvalue weighted by Gasteiger charge is 2.12. The molecule has 1 N–H and O–H groups in total. The molecular formula is C21H25FN2O. The van der Waals surface area contributed by atoms with Gasteiger partial charge < -0.3 is 5.32 Å². The lowest BCUT2D eigenvalue weighted by Crippen LogP contribution is -2.25. The quantitative estimate of drug-likeness (QED) is 0.778. The Balaban J connectivity index is 1.40. The number of nitrogens with zero attached hydrogens (tertiary/aromatic N) is 1. The third-order valence-electron chi connectivity index (χ3n) is 4.66. The van der Waals surface area contributed by atoms with Crippen LogP contribution in [0.15, 0.2) is 48.5 Å². The largest absolute Gasteiger partial charge is 0.352 e. The van der Waals surface area contributed by atoms with Crippen LogP contribution >= 0.6 is 0 Å². The number of carbonyl (C=O) groups is 1. The minimum atomic E-state index is -0.217. The normalized spacial score (nSPS) is 14.6. The highest BCUT2D eigenvalue weighted by molar-refractivity contribution is 5.94. The van der Waals surface area contributed by atoms with E-state index in [2.05, 4.69) is 10.2 Å². The zero-order valence-electron chi connectivity index (χ0n) is 14.5. The Kier molecular flexibility index (Phi) is 6.18. The molecule has 2 aromatic carbocycles. The van der Waals surface area contributed by atoms with E-state index in [9.17, 15) is 9.18 Å². The summed E-state index contributed by atoms with van der Waals surface area (Å²) in [4.78, 5) is 14.6. The Morgan fingerprint density at radius 3 is 2.28 bits per heavy atom. The fourth-order valence-electron chi connectivity index (χ4n) is 3.21. The van der Waals surface area contributed by atoms with E-state index in [1.165, 1.54) is 43.6 Å². The van der Waals surface area contributed by atoms with Gasteiger partial charge in [0.05, 0.1) is 0 Å². The van der Waals surface area contributed by atoms with Crippen LogP contribution in [0.3, 0.4) is 0 Å². The summed E-state index contributed by atoms with van der Waals surface area (Å²) < 4.78 is 12.9. The molecule has 0 bridgehead atoms. The molecule has 1 heterocycles. The first kappa shape index (κ1) is 17.6. The van der Waals surface area contributed by atoms with Crippen LogP contribution in [0, 0.1) is 5.82 Å². The van der Waals surface area contributed by atoms with Crippen molar-refractivity contribution in [2.45, 2.75) is 32.2 Å². The van der Waals surface area contributed by atoms with E-state index in [4.69, 9.17) is 0 Å². The first-order valence-corrected chi connectivity index (χ1v) is 9.05. The number of aryl methyl sites for hydroxylation is 1. The van der Waals surface area contributed by atoms with Crippen molar-refractivity contribution in [2.24, 2.45) is 0 Å². The van der Waals surface area contributed by atoms with Crippen molar-refractivity contribution in [1.82, 2.24) is 10.2 Å². The average Bonchev–Trinajstić information content (AvgIpc) is 3.14. The summed E-state index contributed by atoms with van der Waals surface area (Å²) in [6.45, 7) is 3.94. The lowest BCUT2D eigenvalue weighted by atomic mass is 10.1. The minimum Gasteiger partial charge on any atom is -0.352 e. The van der Waals surface area contributed by atoms with Crippen LogP contribution < -0.4 is 5.32 Å². The summed E-state index contributed by atoms with van der Waals surface area (Å²) in [6, 6.07) is 14.4. The fourth-order valence-corrected chi connectivity index (χ4v) is 3.21. The Hall–Kier alpha value is -2.20. The van der Waals surface area contributed by atoms with E-state index in [0.717, 1.165) is 24.9 Å². The summed E-state index contributed by atoms with van der Waals surface area (Å²) in [6.07, 6.45) is 4.25. The highest BCUT2D eigenvalue weighted by Crippen LogP contribution is 2.13. The van der Waals surface area contributed by atoms with Crippen molar-refractivity contribution in [1.29, 1.82) is 0 Å². The Morgan fingerprint density at radius 1 is 0.960 bits per heavy atom. The smallest absolute Gasteiger partial charge is 0.251 e. The number of halogens is 1. The van der Waals surface area contributed by atoms with Crippen LogP contribution in [0.2, 0.25) is 0 Å². The summed E-state index contributed by atoms with van der Waals surface area (Å²) >= 11 is 0. The molecule has 1 aliphatic heterocycles. The second-order valence-corrected chi connectivity index (χ2v) is 6.67. The maximum atomic E-state index is 12.9. The minimum absolute atomic E-state index is 0.0353. The SMILES string of the molecule is O=C(NCCCc1ccc(F)cc1)c1ccc(CN2CCCC2)cc1. The van der Waals surface area contributed by atoms with Gasteiger partial charge in [0.15, 0.2) is 0 Å². The lowest BCUT2D eigenvalue weighted by molar-refractivity contribution is 0.0953. The van der Waals surface area contributed by atoms with Gasteiger partial charge >= 0.3 is 0 Å². The lowest BCUT2D eigenvalue weighted by Gasteiger charge is -2.14. The van der Waals surface area contributed by atoms with Crippen LogP contribution in [0.4, 0.5) is 4.39 Å². The van der Waals surface area contributed by atoms with Crippen molar-refractivity contribution in [2.75, 3.05) is 19.6 Å². The molecule has 0 saturated carbocycles. The van der Waals surface area contributed by atoms with Gasteiger partial charge in [0.1, 0.15) is 5.82 Å². The molecule has 3 rings (SSSR count). The van der Waals surface area contributed by atoms with Gasteiger partial charge in [0.25, 0.3) is 5.91 Å². The predicted octanol–water partition coefficient (Wildman–Crippen LogP) is 3.78. The van der Waals surface area contributed by atoms with Gasteiger partial charge in [-0.05, 0) is 74.2 Å². The molecule has 0 atom stereocenters. The third-order valence-corrected chi connectivity index (χ3v) is 4.66. The Morgan fingerprint density at radius 2 is 1.60 bits per heavy atom. The van der Waals surface area contributed by atoms with Gasteiger partial charge in [0, 0.05) is 18.7 Å². The molecule has 0 aromatic heterocycles. The molecule has 1 aliphatic rings. The van der Waals surface area contributed by atoms with E-state index < -0.39 is 0 Å². The second-order valence-electron chi connectivity index (χ2n) is 6.67. The van der Waals surface area contributed by atoms with E-state index in [-0.39, 0.29) is 11.7 Å². The number of benzene rings is 2. The Bertz CT molecular complexity index is 676. The number of amides is 1. The van der Waals surface area contributed by atoms with Gasteiger partial charge in [-0.1, -0.05) is 24.3 Å². The van der Waals surface area contributed by atoms with Gasteiger partial charge in [-0.3, -0.25) is 9.69 Å². The third kappa shape index (κ3) is 5.40. The monoisotopic (exact) mass is 340 g/mol. The second kappa shape index (κ2) is 8.77. The van der Waals surface area contributed by atoms with E-state index in [1.807, 2.05) is 24.3 Å². The van der Waals surface area contributed by atoms with E-state index in [1.54, 1.807) is 12.1 Å². The van der Waals surface area contributed by atoms with Crippen LogP contribution in [0.5, 0.6) is 0 Å². The summed E-state index contributed by atoms with van der Waals surface area (Å²) in [5.41, 5.74) is 3.05. The van der Waals surface area contributed by atoms with Gasteiger partial charge in [-0.2, -0.15) is 0 Å². The predicted molar refractivity (Wildman–Crippen MR) is 98.0 cm³/mol. The molecule has 0 aliphatic carbocycles. The van der Waals surface area contributed by atoms with Crippen LogP contribution in [0.25, 0.3) is 0 Å². The molecule has 1 saturated heterocycles. The molecule has 1 amide bonds. The number of rotatable bonds is 7. The first-order chi connectivity index (χ1) is 12.2. The zero-order chi connectivity index (χ0) is 17.5. The molecule has 4 heteroatoms. The van der Waals surface area contributed by atoms with Crippen molar-refractivity contribution in [3.63, 3.8) is 0 Å². The molecular weight excluding hydrogens is 315 g/mol. The Labute approximate surface area is 148 Å². The number of carbonyl (C=O) groups excluding carboxylic acids is 1. The molecule has 0 unspecified atom stereocenters. The molecule has 1 fully saturated rings. The van der Waals surface area contributed by atoms with Crippen molar-refractivity contribution in [3.8, 4) is 0 Å². The van der Waals surface area contributed by atoms with Gasteiger partial charge in [0.2, 0.25) is 0 Å². The van der Waals surface area contributed by atoms with E-state index >= 15 is 0 Å². The van der Waals surface area contributed by atoms with Crippen molar-refractivity contribution in [3.05, 3.63) is 71.0 Å². The molecule has 0 radical (unpaired) electrons. The van der Waals surface area contributed by atoms with Gasteiger partial charge in [-0.15, -0.1) is 0 Å². The maximum absolute atomic E-state index is 12.9. The zero-order valence-corrected chi connectivity index (χ0v) is 14.5. The standard InChI is InChI=1S/C21H25FN2O/c22-20-11-7-17(8-12-20)4-3-13-23-21(25)19-9-5-18(6-10-19)16-24-14-1-2-15-24/h5-12H,1-4,13-16H2,(H,23,25). The topological polar surface area (TPSA) is 32.3 Å². The van der Waals surface area contributed by atoms with E-state index in [0.29, 0.717) is 12.1 Å². The number of hydrogen-bond acceptors (Lipinski definition) is 2.